The summed E-state index contributed by atoms with van der Waals surface area (Å²) in [4.78, 5) is 62.7. The van der Waals surface area contributed by atoms with E-state index in [9.17, 15) is 19.2 Å². The van der Waals surface area contributed by atoms with Crippen molar-refractivity contribution >= 4 is 35.1 Å². The maximum absolute atomic E-state index is 14.2. The molecule has 1 spiro atoms. The van der Waals surface area contributed by atoms with Gasteiger partial charge in [-0.3, -0.25) is 28.9 Å². The third-order valence-electron chi connectivity index (χ3n) is 6.61. The molecule has 0 unspecified atom stereocenters. The molecule has 1 aromatic heterocycles. The summed E-state index contributed by atoms with van der Waals surface area (Å²) in [6.45, 7) is 9.73. The molecule has 1 fully saturated rings. The van der Waals surface area contributed by atoms with E-state index in [1.807, 2.05) is 0 Å². The Bertz CT molecular complexity index is 1390. The van der Waals surface area contributed by atoms with Crippen molar-refractivity contribution in [2.75, 3.05) is 24.2 Å². The van der Waals surface area contributed by atoms with Gasteiger partial charge >= 0.3 is 18.0 Å². The van der Waals surface area contributed by atoms with Gasteiger partial charge in [-0.05, 0) is 35.6 Å². The number of hydrogen-bond donors (Lipinski definition) is 2. The van der Waals surface area contributed by atoms with Gasteiger partial charge in [0.2, 0.25) is 5.91 Å². The van der Waals surface area contributed by atoms with Crippen molar-refractivity contribution in [2.24, 2.45) is 5.41 Å². The van der Waals surface area contributed by atoms with Gasteiger partial charge in [0.25, 0.3) is 5.91 Å². The van der Waals surface area contributed by atoms with Crippen LogP contribution in [0.5, 0.6) is 0 Å². The Kier molecular flexibility index (Phi) is 5.73. The van der Waals surface area contributed by atoms with Crippen molar-refractivity contribution in [3.63, 3.8) is 0 Å². The Morgan fingerprint density at radius 1 is 1.30 bits per heavy atom. The monoisotopic (exact) mass is 505 g/mol. The lowest BCUT2D eigenvalue weighted by molar-refractivity contribution is -0.150. The van der Waals surface area contributed by atoms with Crippen LogP contribution in [-0.4, -0.2) is 64.1 Å². The summed E-state index contributed by atoms with van der Waals surface area (Å²) in [7, 11) is 0. The van der Waals surface area contributed by atoms with Crippen molar-refractivity contribution in [3.05, 3.63) is 65.6 Å². The normalized spacial score (nSPS) is 22.6. The van der Waals surface area contributed by atoms with Crippen LogP contribution in [0.15, 0.2) is 48.7 Å². The fraction of sp³-hybridized carbons (Fsp3) is 0.407. The summed E-state index contributed by atoms with van der Waals surface area (Å²) < 4.78 is 24.4. The van der Waals surface area contributed by atoms with E-state index in [2.05, 4.69) is 20.5 Å². The predicted molar refractivity (Wildman–Crippen MR) is 137 cm³/mol. The molecule has 4 rings (SSSR count). The number of likely N-dealkylation sites (N-methyl/N-ethyl adjacent to an activating group) is 1. The SMILES string of the molecule is [2H]C([2H])([2H])N(C(=O)C(=O)Nc1ccccn1)[C@@H](CC(C)(C)C)C(=O)N1C[C@]2(C[C@H]1[N+]#[C-])C(=O)Nc1ccccc12. The largest absolute Gasteiger partial charge is 0.325 e. The van der Waals surface area contributed by atoms with E-state index in [1.165, 1.54) is 17.2 Å². The van der Waals surface area contributed by atoms with E-state index in [0.717, 1.165) is 0 Å². The summed E-state index contributed by atoms with van der Waals surface area (Å²) in [5.41, 5.74) is -0.625. The summed E-state index contributed by atoms with van der Waals surface area (Å²) in [5.74, 6) is -3.86. The van der Waals surface area contributed by atoms with Crippen LogP contribution in [0.3, 0.4) is 0 Å². The quantitative estimate of drug-likeness (QED) is 0.490. The molecule has 0 bridgehead atoms. The lowest BCUT2D eigenvalue weighted by Crippen LogP contribution is -2.54. The highest BCUT2D eigenvalue weighted by Crippen LogP contribution is 2.47. The molecule has 37 heavy (non-hydrogen) atoms. The molecular formula is C27H30N6O4. The molecule has 0 radical (unpaired) electrons. The topological polar surface area (TPSA) is 116 Å². The lowest BCUT2D eigenvalue weighted by Gasteiger charge is -2.34. The second-order valence-corrected chi connectivity index (χ2v) is 10.5. The van der Waals surface area contributed by atoms with Gasteiger partial charge < -0.3 is 15.5 Å². The van der Waals surface area contributed by atoms with E-state index >= 15 is 0 Å². The number of rotatable bonds is 4. The summed E-state index contributed by atoms with van der Waals surface area (Å²) in [5, 5.41) is 5.09. The van der Waals surface area contributed by atoms with Gasteiger partial charge in [0.05, 0.1) is 6.42 Å². The Hall–Kier alpha value is -4.26. The molecule has 0 aliphatic carbocycles. The molecule has 1 saturated heterocycles. The van der Waals surface area contributed by atoms with Crippen LogP contribution in [0, 0.1) is 12.0 Å². The van der Waals surface area contributed by atoms with Gasteiger partial charge in [-0.25, -0.2) is 11.6 Å². The average molecular weight is 506 g/mol. The molecule has 1 aromatic carbocycles. The summed E-state index contributed by atoms with van der Waals surface area (Å²) >= 11 is 0. The molecule has 3 atom stereocenters. The highest BCUT2D eigenvalue weighted by atomic mass is 16.2. The number of aromatic nitrogens is 1. The van der Waals surface area contributed by atoms with Gasteiger partial charge in [-0.15, -0.1) is 0 Å². The van der Waals surface area contributed by atoms with Crippen molar-refractivity contribution in [2.45, 2.75) is 51.2 Å². The molecular weight excluding hydrogens is 472 g/mol. The Morgan fingerprint density at radius 3 is 2.68 bits per heavy atom. The molecule has 3 heterocycles. The minimum atomic E-state index is -3.17. The predicted octanol–water partition coefficient (Wildman–Crippen LogP) is 2.65. The summed E-state index contributed by atoms with van der Waals surface area (Å²) in [6.07, 6.45) is 0.195. The van der Waals surface area contributed by atoms with Crippen molar-refractivity contribution in [3.8, 4) is 0 Å². The van der Waals surface area contributed by atoms with E-state index in [0.29, 0.717) is 16.2 Å². The number of para-hydroxylation sites is 1. The van der Waals surface area contributed by atoms with E-state index in [1.54, 1.807) is 57.2 Å². The molecule has 2 N–H and O–H groups in total. The molecule has 2 aliphatic rings. The molecule has 4 amide bonds. The minimum absolute atomic E-state index is 0.00913. The molecule has 10 nitrogen and oxygen atoms in total. The summed E-state index contributed by atoms with van der Waals surface area (Å²) in [6, 6.07) is 10.00. The average Bonchev–Trinajstić information content (AvgIpc) is 3.40. The number of nitrogens with one attached hydrogen (secondary N) is 2. The molecule has 192 valence electrons. The number of amides is 4. The fourth-order valence-electron chi connectivity index (χ4n) is 4.87. The Balaban J connectivity index is 1.72. The first-order chi connectivity index (χ1) is 18.7. The first-order valence-electron chi connectivity index (χ1n) is 13.3. The number of benzene rings is 1. The second kappa shape index (κ2) is 9.65. The third kappa shape index (κ3) is 4.89. The molecule has 0 saturated carbocycles. The van der Waals surface area contributed by atoms with E-state index < -0.39 is 47.7 Å². The first kappa shape index (κ1) is 22.0. The number of carbonyl (C=O) groups is 4. The fourth-order valence-corrected chi connectivity index (χ4v) is 4.87. The maximum Gasteiger partial charge on any atom is 0.315 e. The van der Waals surface area contributed by atoms with Gasteiger partial charge in [-0.2, -0.15) is 0 Å². The van der Waals surface area contributed by atoms with Crippen molar-refractivity contribution in [1.82, 2.24) is 14.8 Å². The highest BCUT2D eigenvalue weighted by molar-refractivity contribution is 6.39. The lowest BCUT2D eigenvalue weighted by atomic mass is 9.80. The number of pyridine rings is 1. The number of nitrogens with zero attached hydrogens (tertiary/aromatic N) is 4. The van der Waals surface area contributed by atoms with E-state index in [4.69, 9.17) is 10.7 Å². The van der Waals surface area contributed by atoms with Gasteiger partial charge in [0.1, 0.15) is 17.3 Å². The van der Waals surface area contributed by atoms with Crippen LogP contribution in [-0.2, 0) is 24.6 Å². The number of anilines is 2. The van der Waals surface area contributed by atoms with Crippen LogP contribution >= 0.6 is 0 Å². The zero-order valence-electron chi connectivity index (χ0n) is 23.8. The zero-order chi connectivity index (χ0) is 29.5. The standard InChI is InChI=1S/C27H30N6O4/c1-26(2,3)14-19(32(5)24(36)22(34)31-20-12-8-9-13-29-20)23(35)33-16-27(15-21(33)28-4)17-10-6-7-11-18(17)30-25(27)37/h6-13,19,21H,14-16H2,1-3,5H3,(H,30,37)(H,29,31,34)/t19-,21-,27-/m0/s1/i5D3. The molecule has 10 heteroatoms. The van der Waals surface area contributed by atoms with Crippen molar-refractivity contribution in [1.29, 1.82) is 0 Å². The van der Waals surface area contributed by atoms with Gasteiger partial charge in [0, 0.05) is 29.5 Å². The van der Waals surface area contributed by atoms with Crippen LogP contribution < -0.4 is 10.6 Å². The van der Waals surface area contributed by atoms with Gasteiger partial charge in [0.15, 0.2) is 0 Å². The van der Waals surface area contributed by atoms with Crippen LogP contribution in [0.25, 0.3) is 4.85 Å². The Labute approximate surface area is 220 Å². The molecule has 2 aliphatic heterocycles. The maximum atomic E-state index is 14.2. The highest BCUT2D eigenvalue weighted by Gasteiger charge is 2.59. The number of hydrogen-bond acceptors (Lipinski definition) is 5. The van der Waals surface area contributed by atoms with Crippen LogP contribution in [0.4, 0.5) is 11.5 Å². The second-order valence-electron chi connectivity index (χ2n) is 10.5. The Morgan fingerprint density at radius 2 is 2.03 bits per heavy atom. The number of likely N-dealkylation sites (tertiary alicyclic amines) is 1. The van der Waals surface area contributed by atoms with Gasteiger partial charge in [-0.1, -0.05) is 45.0 Å². The minimum Gasteiger partial charge on any atom is -0.325 e. The number of carbonyl (C=O) groups excluding carboxylic acids is 4. The van der Waals surface area contributed by atoms with Crippen LogP contribution in [0.1, 0.15) is 43.3 Å². The first-order valence-corrected chi connectivity index (χ1v) is 11.8. The third-order valence-corrected chi connectivity index (χ3v) is 6.61. The van der Waals surface area contributed by atoms with E-state index in [-0.39, 0.29) is 31.1 Å². The smallest absolute Gasteiger partial charge is 0.315 e. The van der Waals surface area contributed by atoms with Crippen molar-refractivity contribution < 1.29 is 23.3 Å². The number of fused-ring (bicyclic) bond motifs is 2. The molecule has 2 aromatic rings. The zero-order valence-corrected chi connectivity index (χ0v) is 20.8. The van der Waals surface area contributed by atoms with Crippen LogP contribution in [0.2, 0.25) is 0 Å².